The number of benzene rings is 3. The van der Waals surface area contributed by atoms with Crippen LogP contribution in [-0.4, -0.2) is 26.6 Å². The largest absolute Gasteiger partial charge is 0.491 e. The van der Waals surface area contributed by atoms with Crippen LogP contribution < -0.4 is 10.1 Å². The number of anilines is 1. The Hall–Kier alpha value is -4.06. The highest BCUT2D eigenvalue weighted by Gasteiger charge is 2.29. The predicted octanol–water partition coefficient (Wildman–Crippen LogP) is 6.89. The number of nitrogens with one attached hydrogen (secondary N) is 1. The van der Waals surface area contributed by atoms with E-state index < -0.39 is 0 Å². The van der Waals surface area contributed by atoms with Crippen LogP contribution in [0.4, 0.5) is 5.95 Å². The third-order valence-corrected chi connectivity index (χ3v) is 8.11. The summed E-state index contributed by atoms with van der Waals surface area (Å²) in [5, 5.41) is 4.30. The van der Waals surface area contributed by atoms with Gasteiger partial charge in [-0.2, -0.15) is 0 Å². The molecule has 0 radical (unpaired) electrons. The standard InChI is InChI=1S/C31H30N4O2/c1-34-25-13-7-6-12-24(25)32-31(34)33-30(36)21-15-16-22-26(19-21)35-17-18-37-27-14-8-5-11-23(27)29(35)28(22)20-9-3-2-4-10-20/h5-8,11-16,19-20H,2-4,9-10,17-18H2,1H3,(H,32,33,36). The molecule has 1 fully saturated rings. The van der Waals surface area contributed by atoms with Crippen LogP contribution in [0.1, 0.15) is 53.9 Å². The van der Waals surface area contributed by atoms with Crippen molar-refractivity contribution in [2.75, 3.05) is 11.9 Å². The fourth-order valence-electron chi connectivity index (χ4n) is 6.31. The average Bonchev–Trinajstić information content (AvgIpc) is 3.35. The van der Waals surface area contributed by atoms with Gasteiger partial charge in [0.05, 0.1) is 23.3 Å². The number of fused-ring (bicyclic) bond motifs is 6. The number of aromatic nitrogens is 3. The number of imidazole rings is 1. The first-order valence-corrected chi connectivity index (χ1v) is 13.3. The molecule has 0 bridgehead atoms. The van der Waals surface area contributed by atoms with Gasteiger partial charge < -0.3 is 13.9 Å². The molecule has 2 aliphatic rings. The Bertz CT molecular complexity index is 1660. The molecular formula is C31H30N4O2. The van der Waals surface area contributed by atoms with Crippen molar-refractivity contribution < 1.29 is 9.53 Å². The van der Waals surface area contributed by atoms with E-state index in [1.165, 1.54) is 48.7 Å². The van der Waals surface area contributed by atoms with Gasteiger partial charge in [0.2, 0.25) is 5.95 Å². The number of hydrogen-bond acceptors (Lipinski definition) is 3. The SMILES string of the molecule is Cn1c(NC(=O)c2ccc3c(C4CCCCC4)c4n(c3c2)CCOc2ccccc2-4)nc2ccccc21. The number of rotatable bonds is 3. The van der Waals surface area contributed by atoms with Crippen LogP contribution in [0.5, 0.6) is 5.75 Å². The minimum absolute atomic E-state index is 0.152. The lowest BCUT2D eigenvalue weighted by Gasteiger charge is -2.23. The summed E-state index contributed by atoms with van der Waals surface area (Å²) < 4.78 is 10.5. The quantitative estimate of drug-likeness (QED) is 0.300. The molecule has 7 rings (SSSR count). The summed E-state index contributed by atoms with van der Waals surface area (Å²) in [6.45, 7) is 1.36. The third-order valence-electron chi connectivity index (χ3n) is 8.11. The van der Waals surface area contributed by atoms with Crippen molar-refractivity contribution in [2.24, 2.45) is 7.05 Å². The Kier molecular flexibility index (Phi) is 5.27. The van der Waals surface area contributed by atoms with Crippen molar-refractivity contribution in [3.05, 3.63) is 77.9 Å². The van der Waals surface area contributed by atoms with Gasteiger partial charge in [0.15, 0.2) is 0 Å². The van der Waals surface area contributed by atoms with E-state index in [2.05, 4.69) is 45.2 Å². The molecule has 186 valence electrons. The van der Waals surface area contributed by atoms with Crippen LogP contribution in [-0.2, 0) is 13.6 Å². The summed E-state index contributed by atoms with van der Waals surface area (Å²) in [6.07, 6.45) is 6.28. The molecule has 1 N–H and O–H groups in total. The summed E-state index contributed by atoms with van der Waals surface area (Å²) in [6, 6.07) is 22.5. The van der Waals surface area contributed by atoms with Crippen LogP contribution in [0.25, 0.3) is 33.2 Å². The van der Waals surface area contributed by atoms with E-state index in [9.17, 15) is 4.79 Å². The smallest absolute Gasteiger partial charge is 0.258 e. The van der Waals surface area contributed by atoms with Crippen molar-refractivity contribution in [2.45, 2.75) is 44.6 Å². The van der Waals surface area contributed by atoms with Gasteiger partial charge in [-0.1, -0.05) is 49.6 Å². The number of aryl methyl sites for hydroxylation is 1. The zero-order valence-corrected chi connectivity index (χ0v) is 21.0. The first-order chi connectivity index (χ1) is 18.2. The molecule has 1 saturated carbocycles. The Labute approximate surface area is 215 Å². The molecule has 3 aromatic carbocycles. The zero-order chi connectivity index (χ0) is 24.9. The molecule has 2 aromatic heterocycles. The van der Waals surface area contributed by atoms with Crippen molar-refractivity contribution >= 4 is 33.8 Å². The van der Waals surface area contributed by atoms with Gasteiger partial charge in [0, 0.05) is 29.1 Å². The number of hydrogen-bond donors (Lipinski definition) is 1. The maximum absolute atomic E-state index is 13.4. The number of carbonyl (C=O) groups is 1. The lowest BCUT2D eigenvalue weighted by Crippen LogP contribution is -2.15. The predicted molar refractivity (Wildman–Crippen MR) is 147 cm³/mol. The number of ether oxygens (including phenoxy) is 1. The van der Waals surface area contributed by atoms with Gasteiger partial charge in [-0.15, -0.1) is 0 Å². The molecule has 5 aromatic rings. The molecule has 1 amide bonds. The summed E-state index contributed by atoms with van der Waals surface area (Å²) >= 11 is 0. The first kappa shape index (κ1) is 22.2. The van der Waals surface area contributed by atoms with E-state index in [-0.39, 0.29) is 5.91 Å². The van der Waals surface area contributed by atoms with E-state index in [0.717, 1.165) is 34.4 Å². The normalized spacial score (nSPS) is 15.7. The molecule has 0 atom stereocenters. The van der Waals surface area contributed by atoms with E-state index in [1.807, 2.05) is 48.0 Å². The molecule has 3 heterocycles. The minimum atomic E-state index is -0.152. The molecule has 6 heteroatoms. The minimum Gasteiger partial charge on any atom is -0.491 e. The van der Waals surface area contributed by atoms with Gasteiger partial charge in [0.1, 0.15) is 12.4 Å². The molecule has 37 heavy (non-hydrogen) atoms. The van der Waals surface area contributed by atoms with Crippen LogP contribution in [0.3, 0.4) is 0 Å². The van der Waals surface area contributed by atoms with Crippen molar-refractivity contribution in [1.29, 1.82) is 0 Å². The molecule has 1 aliphatic carbocycles. The van der Waals surface area contributed by atoms with Crippen LogP contribution in [0, 0.1) is 0 Å². The van der Waals surface area contributed by atoms with Gasteiger partial charge in [-0.3, -0.25) is 10.1 Å². The topological polar surface area (TPSA) is 61.1 Å². The second kappa shape index (κ2) is 8.80. The fourth-order valence-corrected chi connectivity index (χ4v) is 6.31. The lowest BCUT2D eigenvalue weighted by molar-refractivity contribution is 0.102. The highest BCUT2D eigenvalue weighted by molar-refractivity contribution is 6.07. The van der Waals surface area contributed by atoms with Crippen LogP contribution in [0.15, 0.2) is 66.7 Å². The highest BCUT2D eigenvalue weighted by Crippen LogP contribution is 2.47. The summed E-state index contributed by atoms with van der Waals surface area (Å²) in [5.74, 6) is 1.87. The highest BCUT2D eigenvalue weighted by atomic mass is 16.5. The summed E-state index contributed by atoms with van der Waals surface area (Å²) in [4.78, 5) is 18.1. The number of para-hydroxylation sites is 3. The van der Waals surface area contributed by atoms with Gasteiger partial charge in [-0.05, 0) is 60.7 Å². The first-order valence-electron chi connectivity index (χ1n) is 13.3. The molecule has 6 nitrogen and oxygen atoms in total. The maximum Gasteiger partial charge on any atom is 0.258 e. The monoisotopic (exact) mass is 490 g/mol. The zero-order valence-electron chi connectivity index (χ0n) is 21.0. The van der Waals surface area contributed by atoms with E-state index in [4.69, 9.17) is 4.74 Å². The van der Waals surface area contributed by atoms with E-state index in [1.54, 1.807) is 0 Å². The van der Waals surface area contributed by atoms with Crippen molar-refractivity contribution in [3.63, 3.8) is 0 Å². The molecule has 0 spiro atoms. The third kappa shape index (κ3) is 3.62. The van der Waals surface area contributed by atoms with Crippen molar-refractivity contribution in [1.82, 2.24) is 14.1 Å². The fraction of sp³-hybridized carbons (Fsp3) is 0.290. The molecule has 0 unspecified atom stereocenters. The lowest BCUT2D eigenvalue weighted by atomic mass is 9.81. The number of amides is 1. The van der Waals surface area contributed by atoms with Crippen molar-refractivity contribution in [3.8, 4) is 17.0 Å². The second-order valence-electron chi connectivity index (χ2n) is 10.3. The second-order valence-corrected chi connectivity index (χ2v) is 10.3. The summed E-state index contributed by atoms with van der Waals surface area (Å²) in [5.41, 5.74) is 7.44. The molecule has 1 aliphatic heterocycles. The van der Waals surface area contributed by atoms with Gasteiger partial charge >= 0.3 is 0 Å². The van der Waals surface area contributed by atoms with E-state index >= 15 is 0 Å². The van der Waals surface area contributed by atoms with Crippen LogP contribution in [0.2, 0.25) is 0 Å². The Balaban J connectivity index is 1.35. The van der Waals surface area contributed by atoms with Gasteiger partial charge in [-0.25, -0.2) is 4.98 Å². The van der Waals surface area contributed by atoms with Crippen LogP contribution >= 0.6 is 0 Å². The average molecular weight is 491 g/mol. The molecular weight excluding hydrogens is 460 g/mol. The number of nitrogens with zero attached hydrogens (tertiary/aromatic N) is 3. The Morgan fingerprint density at radius 3 is 2.65 bits per heavy atom. The Morgan fingerprint density at radius 2 is 1.78 bits per heavy atom. The maximum atomic E-state index is 13.4. The number of carbonyl (C=O) groups excluding carboxylic acids is 1. The Morgan fingerprint density at radius 1 is 0.973 bits per heavy atom. The summed E-state index contributed by atoms with van der Waals surface area (Å²) in [7, 11) is 1.93. The van der Waals surface area contributed by atoms with E-state index in [0.29, 0.717) is 24.0 Å². The van der Waals surface area contributed by atoms with Gasteiger partial charge in [0.25, 0.3) is 5.91 Å². The molecule has 0 saturated heterocycles.